The van der Waals surface area contributed by atoms with Crippen molar-refractivity contribution >= 4 is 24.0 Å². The molecule has 0 aromatic heterocycles. The van der Waals surface area contributed by atoms with Crippen LogP contribution in [-0.4, -0.2) is 11.8 Å². The van der Waals surface area contributed by atoms with Crippen molar-refractivity contribution < 1.29 is 9.59 Å². The smallest absolute Gasteiger partial charge is 0.262 e. The Kier molecular flexibility index (Phi) is 7.37. The number of carbonyl (C=O) groups excluding carboxylic acids is 2. The van der Waals surface area contributed by atoms with Crippen LogP contribution in [0, 0.1) is 0 Å². The highest BCUT2D eigenvalue weighted by atomic mass is 16.2. The first kappa shape index (κ1) is 19.2. The van der Waals surface area contributed by atoms with E-state index in [4.69, 9.17) is 0 Å². The number of rotatable bonds is 6. The molecule has 0 unspecified atom stereocenters. The van der Waals surface area contributed by atoms with Crippen LogP contribution < -0.4 is 10.9 Å². The molecule has 0 aliphatic rings. The highest BCUT2D eigenvalue weighted by molar-refractivity contribution is 5.96. The minimum atomic E-state index is -0.390. The lowest BCUT2D eigenvalue weighted by molar-refractivity contribution is -0.123. The normalized spacial score (nSPS) is 11.0. The van der Waals surface area contributed by atoms with Gasteiger partial charge in [0, 0.05) is 12.2 Å². The maximum atomic E-state index is 11.8. The van der Waals surface area contributed by atoms with Gasteiger partial charge in [0.2, 0.25) is 0 Å². The van der Waals surface area contributed by atoms with E-state index in [2.05, 4.69) is 24.7 Å². The number of benzene rings is 2. The van der Waals surface area contributed by atoms with Crippen LogP contribution in [0.1, 0.15) is 36.1 Å². The zero-order valence-electron chi connectivity index (χ0n) is 15.2. The van der Waals surface area contributed by atoms with Crippen LogP contribution in [0.5, 0.6) is 0 Å². The summed E-state index contributed by atoms with van der Waals surface area (Å²) in [5.74, 6) is -0.780. The summed E-state index contributed by atoms with van der Waals surface area (Å²) >= 11 is 0. The fourth-order valence-electron chi connectivity index (χ4n) is 2.28. The van der Waals surface area contributed by atoms with Gasteiger partial charge < -0.3 is 0 Å². The Morgan fingerprint density at radius 2 is 1.04 bits per heavy atom. The van der Waals surface area contributed by atoms with Gasteiger partial charge in [0.15, 0.2) is 0 Å². The average Bonchev–Trinajstić information content (AvgIpc) is 2.69. The Morgan fingerprint density at radius 3 is 1.35 bits per heavy atom. The second-order valence-electron chi connectivity index (χ2n) is 5.84. The largest absolute Gasteiger partial charge is 0.268 e. The molecular formula is C22H24N2O2. The summed E-state index contributed by atoms with van der Waals surface area (Å²) in [6.07, 6.45) is 8.13. The molecule has 0 atom stereocenters. The molecule has 0 aliphatic heterocycles. The van der Waals surface area contributed by atoms with E-state index in [0.29, 0.717) is 0 Å². The summed E-state index contributed by atoms with van der Waals surface area (Å²) in [7, 11) is 0. The summed E-state index contributed by atoms with van der Waals surface area (Å²) in [6, 6.07) is 15.9. The number of nitrogens with one attached hydrogen (secondary N) is 2. The first-order chi connectivity index (χ1) is 12.6. The van der Waals surface area contributed by atoms with E-state index in [1.807, 2.05) is 48.5 Å². The zero-order chi connectivity index (χ0) is 18.8. The van der Waals surface area contributed by atoms with Gasteiger partial charge in [-0.1, -0.05) is 62.4 Å². The lowest BCUT2D eigenvalue weighted by Gasteiger charge is -2.02. The quantitative estimate of drug-likeness (QED) is 0.618. The monoisotopic (exact) mass is 348 g/mol. The average molecular weight is 348 g/mol. The standard InChI is InChI=1S/C22H24N2O2/c1-3-17-5-9-19(10-6-17)13-15-21(25)23-24-22(26)16-14-20-11-7-18(4-2)8-12-20/h5-16H,3-4H2,1-2H3,(H,23,25)(H,24,26). The number of hydrogen-bond donors (Lipinski definition) is 2. The lowest BCUT2D eigenvalue weighted by atomic mass is 10.1. The van der Waals surface area contributed by atoms with Crippen LogP contribution in [0.4, 0.5) is 0 Å². The number of hydrazine groups is 1. The Morgan fingerprint density at radius 1 is 0.692 bits per heavy atom. The van der Waals surface area contributed by atoms with Gasteiger partial charge in [0.05, 0.1) is 0 Å². The molecule has 26 heavy (non-hydrogen) atoms. The van der Waals surface area contributed by atoms with Crippen LogP contribution >= 0.6 is 0 Å². The van der Waals surface area contributed by atoms with Gasteiger partial charge in [-0.3, -0.25) is 20.4 Å². The van der Waals surface area contributed by atoms with Crippen LogP contribution in [0.25, 0.3) is 12.2 Å². The van der Waals surface area contributed by atoms with E-state index in [1.54, 1.807) is 12.2 Å². The third-order valence-electron chi connectivity index (χ3n) is 3.94. The molecule has 134 valence electrons. The van der Waals surface area contributed by atoms with Gasteiger partial charge >= 0.3 is 0 Å². The fraction of sp³-hybridized carbons (Fsp3) is 0.182. The summed E-state index contributed by atoms with van der Waals surface area (Å²) in [5.41, 5.74) is 9.06. The topological polar surface area (TPSA) is 58.2 Å². The number of aryl methyl sites for hydroxylation is 2. The third-order valence-corrected chi connectivity index (χ3v) is 3.94. The van der Waals surface area contributed by atoms with Gasteiger partial charge in [-0.15, -0.1) is 0 Å². The maximum Gasteiger partial charge on any atom is 0.262 e. The van der Waals surface area contributed by atoms with Crippen molar-refractivity contribution in [1.29, 1.82) is 0 Å². The van der Waals surface area contributed by atoms with Gasteiger partial charge in [-0.25, -0.2) is 0 Å². The van der Waals surface area contributed by atoms with Crippen molar-refractivity contribution in [1.82, 2.24) is 10.9 Å². The Labute approximate surface area is 154 Å². The summed E-state index contributed by atoms with van der Waals surface area (Å²) in [4.78, 5) is 23.5. The van der Waals surface area contributed by atoms with Crippen LogP contribution in [0.2, 0.25) is 0 Å². The molecular weight excluding hydrogens is 324 g/mol. The molecule has 0 fully saturated rings. The van der Waals surface area contributed by atoms with Gasteiger partial charge in [-0.05, 0) is 47.2 Å². The highest BCUT2D eigenvalue weighted by Gasteiger charge is 1.98. The Bertz CT molecular complexity index is 718. The minimum absolute atomic E-state index is 0.390. The second kappa shape index (κ2) is 9.99. The van der Waals surface area contributed by atoms with Gasteiger partial charge in [0.1, 0.15) is 0 Å². The summed E-state index contributed by atoms with van der Waals surface area (Å²) < 4.78 is 0. The van der Waals surface area contributed by atoms with E-state index < -0.39 is 11.8 Å². The molecule has 2 aromatic carbocycles. The first-order valence-corrected chi connectivity index (χ1v) is 8.74. The first-order valence-electron chi connectivity index (χ1n) is 8.74. The van der Waals surface area contributed by atoms with Crippen LogP contribution in [0.15, 0.2) is 60.7 Å². The van der Waals surface area contributed by atoms with Crippen LogP contribution in [-0.2, 0) is 22.4 Å². The molecule has 0 saturated heterocycles. The molecule has 2 amide bonds. The second-order valence-corrected chi connectivity index (χ2v) is 5.84. The van der Waals surface area contributed by atoms with E-state index >= 15 is 0 Å². The van der Waals surface area contributed by atoms with Crippen molar-refractivity contribution in [2.75, 3.05) is 0 Å². The van der Waals surface area contributed by atoms with Crippen molar-refractivity contribution in [2.45, 2.75) is 26.7 Å². The molecule has 0 aliphatic carbocycles. The molecule has 2 aromatic rings. The number of amides is 2. The zero-order valence-corrected chi connectivity index (χ0v) is 15.2. The molecule has 0 heterocycles. The molecule has 0 spiro atoms. The molecule has 0 radical (unpaired) electrons. The SMILES string of the molecule is CCc1ccc(C=CC(=O)NNC(=O)C=Cc2ccc(CC)cc2)cc1. The Hall–Kier alpha value is -3.14. The molecule has 2 N–H and O–H groups in total. The molecule has 4 heteroatoms. The lowest BCUT2D eigenvalue weighted by Crippen LogP contribution is -2.39. The molecule has 2 rings (SSSR count). The fourth-order valence-corrected chi connectivity index (χ4v) is 2.28. The third kappa shape index (κ3) is 6.40. The summed E-state index contributed by atoms with van der Waals surface area (Å²) in [6.45, 7) is 4.19. The van der Waals surface area contributed by atoms with E-state index in [1.165, 1.54) is 23.3 Å². The highest BCUT2D eigenvalue weighted by Crippen LogP contribution is 2.07. The Balaban J connectivity index is 1.79. The molecule has 0 bridgehead atoms. The predicted octanol–water partition coefficient (Wildman–Crippen LogP) is 3.69. The molecule has 0 saturated carbocycles. The predicted molar refractivity (Wildman–Crippen MR) is 106 cm³/mol. The van der Waals surface area contributed by atoms with Gasteiger partial charge in [0.25, 0.3) is 11.8 Å². The van der Waals surface area contributed by atoms with Crippen molar-refractivity contribution in [3.8, 4) is 0 Å². The minimum Gasteiger partial charge on any atom is -0.268 e. The summed E-state index contributed by atoms with van der Waals surface area (Å²) in [5, 5.41) is 0. The van der Waals surface area contributed by atoms with E-state index in [9.17, 15) is 9.59 Å². The van der Waals surface area contributed by atoms with Crippen molar-refractivity contribution in [3.63, 3.8) is 0 Å². The van der Waals surface area contributed by atoms with E-state index in [0.717, 1.165) is 24.0 Å². The van der Waals surface area contributed by atoms with E-state index in [-0.39, 0.29) is 0 Å². The number of carbonyl (C=O) groups is 2. The maximum absolute atomic E-state index is 11.8. The number of hydrogen-bond acceptors (Lipinski definition) is 2. The van der Waals surface area contributed by atoms with Crippen LogP contribution in [0.3, 0.4) is 0 Å². The van der Waals surface area contributed by atoms with Crippen molar-refractivity contribution in [3.05, 3.63) is 82.9 Å². The van der Waals surface area contributed by atoms with Crippen molar-refractivity contribution in [2.24, 2.45) is 0 Å². The van der Waals surface area contributed by atoms with Gasteiger partial charge in [-0.2, -0.15) is 0 Å². The molecule has 4 nitrogen and oxygen atoms in total.